The van der Waals surface area contributed by atoms with Gasteiger partial charge in [0.2, 0.25) is 0 Å². The van der Waals surface area contributed by atoms with Crippen LogP contribution in [0.25, 0.3) is 0 Å². The monoisotopic (exact) mass is 442 g/mol. The molecule has 2 heterocycles. The topological polar surface area (TPSA) is 9.23 Å². The fraction of sp³-hybridized carbons (Fsp3) is 0.385. The van der Waals surface area contributed by atoms with Crippen LogP contribution in [0, 0.1) is 5.92 Å². The van der Waals surface area contributed by atoms with E-state index in [0.717, 1.165) is 6.42 Å². The summed E-state index contributed by atoms with van der Waals surface area (Å²) in [6.45, 7) is 0. The molecule has 0 fully saturated rings. The average Bonchev–Trinajstić information content (AvgIpc) is 2.38. The van der Waals surface area contributed by atoms with Crippen LogP contribution in [0.4, 0.5) is 0 Å². The van der Waals surface area contributed by atoms with Gasteiger partial charge in [-0.15, -0.1) is 0 Å². The SMILES string of the molecule is COC(CC1C=CI=CC1)C1=CC=IC=C1. The van der Waals surface area contributed by atoms with Gasteiger partial charge in [-0.3, -0.25) is 0 Å². The lowest BCUT2D eigenvalue weighted by Gasteiger charge is -2.22. The van der Waals surface area contributed by atoms with E-state index >= 15 is 0 Å². The second-order valence-corrected chi connectivity index (χ2v) is 8.24. The highest BCUT2D eigenvalue weighted by Gasteiger charge is 2.17. The Morgan fingerprint density at radius 2 is 2.38 bits per heavy atom. The quantitative estimate of drug-likeness (QED) is 0.601. The van der Waals surface area contributed by atoms with Crippen LogP contribution < -0.4 is 0 Å². The molecule has 0 aromatic rings. The minimum absolute atomic E-state index is 0.183. The molecule has 88 valence electrons. The van der Waals surface area contributed by atoms with Crippen molar-refractivity contribution in [2.45, 2.75) is 18.9 Å². The Labute approximate surface area is 117 Å². The van der Waals surface area contributed by atoms with E-state index < -0.39 is 0 Å². The van der Waals surface area contributed by atoms with Crippen LogP contribution in [0.2, 0.25) is 0 Å². The molecule has 2 atom stereocenters. The molecule has 2 aliphatic rings. The first-order chi connectivity index (χ1) is 7.90. The van der Waals surface area contributed by atoms with Crippen molar-refractivity contribution < 1.29 is 4.74 Å². The van der Waals surface area contributed by atoms with Crippen molar-refractivity contribution in [3.63, 3.8) is 0 Å². The normalized spacial score (nSPS) is 25.6. The number of hydrogen-bond donors (Lipinski definition) is 0. The third-order valence-electron chi connectivity index (χ3n) is 2.73. The molecule has 2 unspecified atom stereocenters. The predicted molar refractivity (Wildman–Crippen MR) is 90.1 cm³/mol. The summed E-state index contributed by atoms with van der Waals surface area (Å²) in [6, 6.07) is 0. The molecule has 0 N–H and O–H groups in total. The maximum atomic E-state index is 5.63. The highest BCUT2D eigenvalue weighted by molar-refractivity contribution is 14.2. The number of ether oxygens (including phenoxy) is 1. The smallest absolute Gasteiger partial charge is 0.0827 e. The zero-order valence-corrected chi connectivity index (χ0v) is 13.6. The standard InChI is InChI=1S/C13H16I2O/c1-16-13(12-4-8-15-9-5-12)10-11-2-6-14-7-3-11/h2,4-9,11,13H,3,10H2,1H3. The molecule has 0 radical (unpaired) electrons. The summed E-state index contributed by atoms with van der Waals surface area (Å²) in [6.07, 6.45) is 9.54. The average molecular weight is 442 g/mol. The summed E-state index contributed by atoms with van der Waals surface area (Å²) >= 11 is 0.448. The van der Waals surface area contributed by atoms with Crippen LogP contribution in [-0.2, 0) is 4.74 Å². The lowest BCUT2D eigenvalue weighted by molar-refractivity contribution is 0.118. The van der Waals surface area contributed by atoms with Crippen molar-refractivity contribution in [2.75, 3.05) is 7.11 Å². The first-order valence-electron chi connectivity index (χ1n) is 5.35. The van der Waals surface area contributed by atoms with Gasteiger partial charge in [0.25, 0.3) is 0 Å². The Balaban J connectivity index is 1.98. The number of allylic oxidation sites excluding steroid dienone is 2. The van der Waals surface area contributed by atoms with Crippen molar-refractivity contribution in [1.82, 2.24) is 0 Å². The molecule has 16 heavy (non-hydrogen) atoms. The van der Waals surface area contributed by atoms with E-state index in [-0.39, 0.29) is 47.6 Å². The zero-order valence-electron chi connectivity index (χ0n) is 9.27. The van der Waals surface area contributed by atoms with E-state index in [4.69, 9.17) is 4.74 Å². The highest BCUT2D eigenvalue weighted by atomic mass is 127. The highest BCUT2D eigenvalue weighted by Crippen LogP contribution is 2.25. The molecular formula is C13H16I2O. The van der Waals surface area contributed by atoms with Gasteiger partial charge in [-0.05, 0) is 36.5 Å². The van der Waals surface area contributed by atoms with Crippen LogP contribution in [0.3, 0.4) is 0 Å². The van der Waals surface area contributed by atoms with E-state index in [0.29, 0.717) is 5.92 Å². The lowest BCUT2D eigenvalue weighted by atomic mass is 9.94. The van der Waals surface area contributed by atoms with E-state index in [1.165, 1.54) is 12.0 Å². The molecule has 0 saturated carbocycles. The lowest BCUT2D eigenvalue weighted by Crippen LogP contribution is -2.18. The van der Waals surface area contributed by atoms with Gasteiger partial charge in [-0.25, -0.2) is 0 Å². The molecule has 2 rings (SSSR count). The summed E-state index contributed by atoms with van der Waals surface area (Å²) in [5.41, 5.74) is 1.35. The fourth-order valence-corrected chi connectivity index (χ4v) is 5.34. The molecule has 2 aliphatic heterocycles. The molecule has 3 heteroatoms. The van der Waals surface area contributed by atoms with Crippen molar-refractivity contribution in [3.05, 3.63) is 32.0 Å². The maximum Gasteiger partial charge on any atom is 0.0827 e. The molecule has 0 bridgehead atoms. The van der Waals surface area contributed by atoms with Crippen molar-refractivity contribution in [1.29, 1.82) is 0 Å². The van der Waals surface area contributed by atoms with Gasteiger partial charge in [-0.2, -0.15) is 0 Å². The Morgan fingerprint density at radius 1 is 1.44 bits per heavy atom. The number of halogens is 2. The second-order valence-electron chi connectivity index (χ2n) is 3.77. The van der Waals surface area contributed by atoms with Crippen LogP contribution in [-0.4, -0.2) is 21.2 Å². The molecule has 0 saturated heterocycles. The van der Waals surface area contributed by atoms with Gasteiger partial charge >= 0.3 is 0 Å². The van der Waals surface area contributed by atoms with Crippen molar-refractivity contribution in [2.24, 2.45) is 5.92 Å². The molecule has 0 aromatic carbocycles. The number of methoxy groups -OCH3 is 1. The van der Waals surface area contributed by atoms with Crippen LogP contribution in [0.1, 0.15) is 12.8 Å². The van der Waals surface area contributed by atoms with Gasteiger partial charge in [0, 0.05) is 7.11 Å². The van der Waals surface area contributed by atoms with Crippen molar-refractivity contribution in [3.8, 4) is 0 Å². The second kappa shape index (κ2) is 6.96. The summed E-state index contributed by atoms with van der Waals surface area (Å²) in [4.78, 5) is 0. The van der Waals surface area contributed by atoms with Gasteiger partial charge in [0.05, 0.1) is 6.10 Å². The van der Waals surface area contributed by atoms with E-state index in [1.54, 1.807) is 0 Å². The first-order valence-corrected chi connectivity index (χ1v) is 10.3. The predicted octanol–water partition coefficient (Wildman–Crippen LogP) is 3.92. The summed E-state index contributed by atoms with van der Waals surface area (Å²) < 4.78 is 15.1. The van der Waals surface area contributed by atoms with Crippen molar-refractivity contribution >= 4 is 49.5 Å². The number of rotatable bonds is 4. The molecule has 0 amide bonds. The minimum atomic E-state index is 0.183. The van der Waals surface area contributed by atoms with Gasteiger partial charge < -0.3 is 4.74 Å². The van der Waals surface area contributed by atoms with Gasteiger partial charge in [0.1, 0.15) is 0 Å². The fourth-order valence-electron chi connectivity index (χ4n) is 1.79. The van der Waals surface area contributed by atoms with Gasteiger partial charge in [0.15, 0.2) is 0 Å². The van der Waals surface area contributed by atoms with Crippen LogP contribution in [0.15, 0.2) is 32.0 Å². The van der Waals surface area contributed by atoms with Gasteiger partial charge in [-0.1, -0.05) is 63.7 Å². The maximum absolute atomic E-state index is 5.63. The van der Waals surface area contributed by atoms with E-state index in [2.05, 4.69) is 34.4 Å². The Kier molecular flexibility index (Phi) is 5.58. The Morgan fingerprint density at radius 3 is 3.00 bits per heavy atom. The van der Waals surface area contributed by atoms with E-state index in [1.807, 2.05) is 7.11 Å². The Bertz CT molecular complexity index is 377. The molecular weight excluding hydrogens is 426 g/mol. The summed E-state index contributed by atoms with van der Waals surface area (Å²) in [5.74, 6) is 0.685. The minimum Gasteiger partial charge on any atom is -0.377 e. The third kappa shape index (κ3) is 3.70. The molecule has 0 aliphatic carbocycles. The Hall–Kier alpha value is 0.380. The number of hydrogen-bond acceptors (Lipinski definition) is 1. The van der Waals surface area contributed by atoms with E-state index in [9.17, 15) is 0 Å². The van der Waals surface area contributed by atoms with Crippen LogP contribution in [0.5, 0.6) is 0 Å². The molecule has 0 spiro atoms. The third-order valence-corrected chi connectivity index (χ3v) is 6.13. The summed E-state index contributed by atoms with van der Waals surface area (Å²) in [5, 5.41) is 0. The molecule has 0 aromatic heterocycles. The van der Waals surface area contributed by atoms with Crippen LogP contribution >= 0.6 is 41.5 Å². The first kappa shape index (κ1) is 12.8. The zero-order chi connectivity index (χ0) is 11.2. The summed E-state index contributed by atoms with van der Waals surface area (Å²) in [7, 11) is 1.83. The molecule has 1 nitrogen and oxygen atoms in total. The largest absolute Gasteiger partial charge is 0.377 e.